The Kier molecular flexibility index (Phi) is 6.70. The average Bonchev–Trinajstić information content (AvgIpc) is 2.61. The van der Waals surface area contributed by atoms with E-state index in [0.717, 1.165) is 50.2 Å². The molecule has 0 spiro atoms. The fourth-order valence-corrected chi connectivity index (χ4v) is 5.29. The minimum atomic E-state index is -3.69. The number of rotatable bonds is 5. The monoisotopic (exact) mass is 446 g/mol. The molecule has 1 aromatic rings. The maximum Gasteiger partial charge on any atom is 0.332 e. The van der Waals surface area contributed by atoms with E-state index in [4.69, 9.17) is 0 Å². The molecule has 3 rings (SSSR count). The van der Waals surface area contributed by atoms with Crippen LogP contribution in [0.3, 0.4) is 0 Å². The van der Waals surface area contributed by atoms with Gasteiger partial charge in [-0.3, -0.25) is 0 Å². The van der Waals surface area contributed by atoms with Crippen molar-refractivity contribution in [2.45, 2.75) is 75.5 Å². The van der Waals surface area contributed by atoms with Gasteiger partial charge in [0.05, 0.1) is 0 Å². The molecule has 2 aliphatic rings. The molecule has 0 heterocycles. The van der Waals surface area contributed by atoms with Gasteiger partial charge in [-0.15, -0.1) is 0 Å². The first-order valence-corrected chi connectivity index (χ1v) is 10.8. The van der Waals surface area contributed by atoms with Crippen LogP contribution >= 0.6 is 15.9 Å². The molecule has 0 aliphatic heterocycles. The van der Waals surface area contributed by atoms with Crippen molar-refractivity contribution in [2.24, 2.45) is 11.8 Å². The second-order valence-electron chi connectivity index (χ2n) is 8.12. The summed E-state index contributed by atoms with van der Waals surface area (Å²) in [4.78, 5) is -3.69. The summed E-state index contributed by atoms with van der Waals surface area (Å²) in [5.74, 6) is -0.904. The SMILES string of the molecule is CCCC1=CCC(C2CCC(c3cc(F)c(C(F)(F)Br)c(F)c3)CC2)CC1. The zero-order chi connectivity index (χ0) is 19.6. The highest BCUT2D eigenvalue weighted by Crippen LogP contribution is 2.44. The molecule has 1 atom stereocenters. The van der Waals surface area contributed by atoms with Crippen LogP contribution in [0.25, 0.3) is 0 Å². The van der Waals surface area contributed by atoms with E-state index in [1.54, 1.807) is 5.57 Å². The predicted octanol–water partition coefficient (Wildman–Crippen LogP) is 8.21. The summed E-state index contributed by atoms with van der Waals surface area (Å²) >= 11 is 2.06. The summed E-state index contributed by atoms with van der Waals surface area (Å²) in [7, 11) is 0. The van der Waals surface area contributed by atoms with Gasteiger partial charge in [0, 0.05) is 0 Å². The first-order chi connectivity index (χ1) is 12.8. The quantitative estimate of drug-likeness (QED) is 0.242. The van der Waals surface area contributed by atoms with Gasteiger partial charge in [-0.2, -0.15) is 8.78 Å². The molecule has 5 heteroatoms. The largest absolute Gasteiger partial charge is 0.332 e. The molecule has 1 saturated carbocycles. The van der Waals surface area contributed by atoms with E-state index in [1.165, 1.54) is 25.7 Å². The highest BCUT2D eigenvalue weighted by molar-refractivity contribution is 9.09. The van der Waals surface area contributed by atoms with Crippen molar-refractivity contribution in [2.75, 3.05) is 0 Å². The number of allylic oxidation sites excluding steroid dienone is 2. The van der Waals surface area contributed by atoms with E-state index in [-0.39, 0.29) is 5.92 Å². The summed E-state index contributed by atoms with van der Waals surface area (Å²) in [6.07, 6.45) is 12.3. The highest BCUT2D eigenvalue weighted by atomic mass is 79.9. The lowest BCUT2D eigenvalue weighted by Gasteiger charge is -2.35. The summed E-state index contributed by atoms with van der Waals surface area (Å²) in [5, 5.41) is 0. The van der Waals surface area contributed by atoms with Crippen LogP contribution in [-0.2, 0) is 4.83 Å². The van der Waals surface area contributed by atoms with Crippen molar-refractivity contribution < 1.29 is 17.6 Å². The topological polar surface area (TPSA) is 0 Å². The molecule has 1 fully saturated rings. The Labute approximate surface area is 167 Å². The van der Waals surface area contributed by atoms with Gasteiger partial charge in [-0.05, 0) is 103 Å². The highest BCUT2D eigenvalue weighted by Gasteiger charge is 2.36. The second kappa shape index (κ2) is 8.67. The van der Waals surface area contributed by atoms with E-state index in [9.17, 15) is 17.6 Å². The molecule has 1 unspecified atom stereocenters. The first kappa shape index (κ1) is 20.9. The van der Waals surface area contributed by atoms with Gasteiger partial charge in [0.1, 0.15) is 17.2 Å². The van der Waals surface area contributed by atoms with Crippen molar-refractivity contribution >= 4 is 15.9 Å². The smallest absolute Gasteiger partial charge is 0.206 e. The molecule has 0 amide bonds. The van der Waals surface area contributed by atoms with E-state index in [1.807, 2.05) is 0 Å². The maximum absolute atomic E-state index is 14.1. The van der Waals surface area contributed by atoms with E-state index in [0.29, 0.717) is 11.5 Å². The van der Waals surface area contributed by atoms with E-state index < -0.39 is 22.0 Å². The molecule has 0 nitrogen and oxygen atoms in total. The third-order valence-electron chi connectivity index (χ3n) is 6.37. The van der Waals surface area contributed by atoms with Crippen LogP contribution in [-0.4, -0.2) is 0 Å². The summed E-state index contributed by atoms with van der Waals surface area (Å²) in [5.41, 5.74) is 0.909. The van der Waals surface area contributed by atoms with Crippen molar-refractivity contribution in [3.63, 3.8) is 0 Å². The molecular formula is C22H27BrF4. The molecule has 150 valence electrons. The predicted molar refractivity (Wildman–Crippen MR) is 104 cm³/mol. The Balaban J connectivity index is 1.61. The van der Waals surface area contributed by atoms with Crippen molar-refractivity contribution in [1.29, 1.82) is 0 Å². The fourth-order valence-electron chi connectivity index (χ4n) is 4.91. The lowest BCUT2D eigenvalue weighted by atomic mass is 9.70. The summed E-state index contributed by atoms with van der Waals surface area (Å²) < 4.78 is 54.8. The zero-order valence-electron chi connectivity index (χ0n) is 15.7. The Morgan fingerprint density at radius 2 is 1.63 bits per heavy atom. The summed E-state index contributed by atoms with van der Waals surface area (Å²) in [6.45, 7) is 2.21. The van der Waals surface area contributed by atoms with Crippen LogP contribution in [0.5, 0.6) is 0 Å². The van der Waals surface area contributed by atoms with Crippen LogP contribution in [0.15, 0.2) is 23.8 Å². The van der Waals surface area contributed by atoms with E-state index in [2.05, 4.69) is 28.9 Å². The van der Waals surface area contributed by atoms with Gasteiger partial charge in [-0.1, -0.05) is 25.0 Å². The van der Waals surface area contributed by atoms with Crippen molar-refractivity contribution in [3.05, 3.63) is 46.5 Å². The van der Waals surface area contributed by atoms with Gasteiger partial charge in [0.25, 0.3) is 0 Å². The lowest BCUT2D eigenvalue weighted by Crippen LogP contribution is -2.23. The van der Waals surface area contributed by atoms with Crippen molar-refractivity contribution in [3.8, 4) is 0 Å². The second-order valence-corrected chi connectivity index (χ2v) is 9.11. The molecule has 2 aliphatic carbocycles. The lowest BCUT2D eigenvalue weighted by molar-refractivity contribution is 0.105. The summed E-state index contributed by atoms with van der Waals surface area (Å²) in [6, 6.07) is 2.19. The Bertz CT molecular complexity index is 661. The van der Waals surface area contributed by atoms with Gasteiger partial charge in [-0.25, -0.2) is 8.78 Å². The standard InChI is InChI=1S/C22H27BrF4/c1-2-3-14-4-6-15(7-5-14)16-8-10-17(11-9-16)18-12-19(24)21(20(25)13-18)22(23,26)27/h4,12-13,15-17H,2-3,5-11H2,1H3. The van der Waals surface area contributed by atoms with Gasteiger partial charge in [0.2, 0.25) is 0 Å². The van der Waals surface area contributed by atoms with Crippen LogP contribution < -0.4 is 0 Å². The molecule has 1 aromatic carbocycles. The minimum absolute atomic E-state index is 0.0537. The van der Waals surface area contributed by atoms with E-state index >= 15 is 0 Å². The third kappa shape index (κ3) is 4.96. The maximum atomic E-state index is 14.1. The molecule has 0 saturated heterocycles. The molecule has 0 aromatic heterocycles. The Hall–Kier alpha value is -0.840. The number of hydrogen-bond acceptors (Lipinski definition) is 0. The molecular weight excluding hydrogens is 420 g/mol. The number of hydrogen-bond donors (Lipinski definition) is 0. The Morgan fingerprint density at radius 1 is 1.00 bits per heavy atom. The molecule has 0 radical (unpaired) electrons. The average molecular weight is 447 g/mol. The minimum Gasteiger partial charge on any atom is -0.206 e. The van der Waals surface area contributed by atoms with Gasteiger partial charge in [0.15, 0.2) is 0 Å². The number of benzene rings is 1. The fraction of sp³-hybridized carbons (Fsp3) is 0.636. The number of alkyl halides is 3. The van der Waals surface area contributed by atoms with Crippen LogP contribution in [0, 0.1) is 23.5 Å². The van der Waals surface area contributed by atoms with Crippen molar-refractivity contribution in [1.82, 2.24) is 0 Å². The number of halogens is 5. The van der Waals surface area contributed by atoms with Gasteiger partial charge >= 0.3 is 4.83 Å². The molecule has 0 N–H and O–H groups in total. The van der Waals surface area contributed by atoms with Gasteiger partial charge < -0.3 is 0 Å². The normalized spacial score (nSPS) is 26.7. The third-order valence-corrected chi connectivity index (χ3v) is 6.77. The van der Waals surface area contributed by atoms with Crippen LogP contribution in [0.1, 0.15) is 81.8 Å². The van der Waals surface area contributed by atoms with Crippen LogP contribution in [0.2, 0.25) is 0 Å². The Morgan fingerprint density at radius 3 is 2.11 bits per heavy atom. The zero-order valence-corrected chi connectivity index (χ0v) is 17.3. The molecule has 0 bridgehead atoms. The first-order valence-electron chi connectivity index (χ1n) is 10.0. The van der Waals surface area contributed by atoms with Crippen LogP contribution in [0.4, 0.5) is 17.6 Å². The molecule has 27 heavy (non-hydrogen) atoms.